The number of methoxy groups -OCH3 is 1. The quantitative estimate of drug-likeness (QED) is 0.392. The number of alkyl halides is 1. The van der Waals surface area contributed by atoms with E-state index >= 15 is 0 Å². The molecule has 0 radical (unpaired) electrons. The summed E-state index contributed by atoms with van der Waals surface area (Å²) in [5.74, 6) is 0.0158. The molecule has 0 spiro atoms. The zero-order valence-electron chi connectivity index (χ0n) is 17.0. The topological polar surface area (TPSA) is 63.6 Å². The van der Waals surface area contributed by atoms with E-state index in [1.165, 1.54) is 20.1 Å². The minimum Gasteiger partial charge on any atom is -0.469 e. The summed E-state index contributed by atoms with van der Waals surface area (Å²) in [5, 5.41) is 10.2. The molecule has 27 heavy (non-hydrogen) atoms. The van der Waals surface area contributed by atoms with Crippen LogP contribution in [0.5, 0.6) is 0 Å². The van der Waals surface area contributed by atoms with Crippen LogP contribution in [0.2, 0.25) is 0 Å². The minimum atomic E-state index is -1.63. The fraction of sp³-hybridized carbons (Fsp3) is 0.727. The summed E-state index contributed by atoms with van der Waals surface area (Å²) in [5.41, 5.74) is -1.63. The van der Waals surface area contributed by atoms with Crippen LogP contribution < -0.4 is 0 Å². The Morgan fingerprint density at radius 3 is 2.78 bits per heavy atom. The summed E-state index contributed by atoms with van der Waals surface area (Å²) in [6, 6.07) is 0. The molecule has 4 atom stereocenters. The summed E-state index contributed by atoms with van der Waals surface area (Å²) < 4.78 is 19.1. The van der Waals surface area contributed by atoms with E-state index in [1.54, 1.807) is 0 Å². The Bertz CT molecular complexity index is 524. The third kappa shape index (κ3) is 8.37. The lowest BCUT2D eigenvalue weighted by Gasteiger charge is -2.24. The van der Waals surface area contributed by atoms with Crippen molar-refractivity contribution in [3.05, 3.63) is 24.3 Å². The predicted octanol–water partition coefficient (Wildman–Crippen LogP) is 4.71. The van der Waals surface area contributed by atoms with Crippen molar-refractivity contribution in [2.24, 2.45) is 11.8 Å². The van der Waals surface area contributed by atoms with E-state index in [9.17, 15) is 19.1 Å². The maximum Gasteiger partial charge on any atom is 0.305 e. The van der Waals surface area contributed by atoms with Crippen molar-refractivity contribution in [2.75, 3.05) is 7.11 Å². The predicted molar refractivity (Wildman–Crippen MR) is 105 cm³/mol. The van der Waals surface area contributed by atoms with Crippen molar-refractivity contribution < 1.29 is 23.8 Å². The molecule has 0 aliphatic heterocycles. The van der Waals surface area contributed by atoms with Crippen molar-refractivity contribution in [3.8, 4) is 0 Å². The van der Waals surface area contributed by atoms with Crippen molar-refractivity contribution in [1.29, 1.82) is 0 Å². The lowest BCUT2D eigenvalue weighted by Crippen LogP contribution is -2.33. The van der Waals surface area contributed by atoms with Crippen LogP contribution >= 0.6 is 0 Å². The van der Waals surface area contributed by atoms with Gasteiger partial charge in [-0.2, -0.15) is 0 Å². The lowest BCUT2D eigenvalue weighted by molar-refractivity contribution is -0.140. The Balaban J connectivity index is 2.49. The summed E-state index contributed by atoms with van der Waals surface area (Å²) >= 11 is 0. The first kappa shape index (κ1) is 23.5. The molecule has 0 aromatic rings. The number of Topliss-reactive ketones (excluding diaryl/α,β-unsaturated/α-hetero) is 1. The van der Waals surface area contributed by atoms with Crippen LogP contribution in [0.15, 0.2) is 24.3 Å². The normalized spacial score (nSPS) is 23.8. The SMILES string of the molecule is CCCCC(C)(F)C(O)C=C[C@H]1CCC(=O)[C@@H]1CC/C=C/CCC(=O)OC. The van der Waals surface area contributed by atoms with Gasteiger partial charge in [-0.25, -0.2) is 4.39 Å². The molecular formula is C22H35FO4. The van der Waals surface area contributed by atoms with Gasteiger partial charge in [-0.1, -0.05) is 44.1 Å². The van der Waals surface area contributed by atoms with E-state index in [-0.39, 0.29) is 23.6 Å². The van der Waals surface area contributed by atoms with Crippen LogP contribution in [-0.4, -0.2) is 35.7 Å². The zero-order valence-corrected chi connectivity index (χ0v) is 17.0. The Hall–Kier alpha value is -1.49. The molecule has 0 aromatic heterocycles. The summed E-state index contributed by atoms with van der Waals surface area (Å²) in [6.07, 6.45) is 11.9. The van der Waals surface area contributed by atoms with Gasteiger partial charge in [-0.3, -0.25) is 9.59 Å². The molecule has 2 unspecified atom stereocenters. The van der Waals surface area contributed by atoms with Gasteiger partial charge in [-0.05, 0) is 44.9 Å². The van der Waals surface area contributed by atoms with E-state index in [2.05, 4.69) is 4.74 Å². The van der Waals surface area contributed by atoms with Crippen LogP contribution in [0.25, 0.3) is 0 Å². The number of carbonyl (C=O) groups is 2. The highest BCUT2D eigenvalue weighted by Crippen LogP contribution is 2.34. The first-order valence-corrected chi connectivity index (χ1v) is 10.1. The second-order valence-corrected chi connectivity index (χ2v) is 7.65. The first-order valence-electron chi connectivity index (χ1n) is 10.1. The molecule has 154 valence electrons. The highest BCUT2D eigenvalue weighted by Gasteiger charge is 2.34. The maximum atomic E-state index is 14.5. The van der Waals surface area contributed by atoms with Gasteiger partial charge < -0.3 is 9.84 Å². The van der Waals surface area contributed by atoms with Crippen LogP contribution in [-0.2, 0) is 14.3 Å². The number of ketones is 1. The number of rotatable bonds is 12. The van der Waals surface area contributed by atoms with Crippen molar-refractivity contribution >= 4 is 11.8 Å². The molecule has 0 bridgehead atoms. The molecule has 1 N–H and O–H groups in total. The highest BCUT2D eigenvalue weighted by atomic mass is 19.1. The molecule has 0 saturated heterocycles. The number of allylic oxidation sites excluding steroid dienone is 3. The number of hydrogen-bond acceptors (Lipinski definition) is 4. The largest absolute Gasteiger partial charge is 0.469 e. The van der Waals surface area contributed by atoms with E-state index in [1.807, 2.05) is 25.2 Å². The molecule has 5 heteroatoms. The minimum absolute atomic E-state index is 0.0672. The second kappa shape index (κ2) is 12.1. The van der Waals surface area contributed by atoms with Gasteiger partial charge in [0.15, 0.2) is 0 Å². The third-order valence-corrected chi connectivity index (χ3v) is 5.38. The average molecular weight is 383 g/mol. The molecule has 0 heterocycles. The smallest absolute Gasteiger partial charge is 0.305 e. The number of carbonyl (C=O) groups excluding carboxylic acids is 2. The molecule has 1 fully saturated rings. The number of aliphatic hydroxyl groups excluding tert-OH is 1. The van der Waals surface area contributed by atoms with Crippen molar-refractivity contribution in [3.63, 3.8) is 0 Å². The summed E-state index contributed by atoms with van der Waals surface area (Å²) in [6.45, 7) is 3.44. The zero-order chi connectivity index (χ0) is 20.3. The average Bonchev–Trinajstić information content (AvgIpc) is 3.00. The van der Waals surface area contributed by atoms with Gasteiger partial charge in [0.1, 0.15) is 17.6 Å². The lowest BCUT2D eigenvalue weighted by atomic mass is 9.88. The van der Waals surface area contributed by atoms with Crippen molar-refractivity contribution in [1.82, 2.24) is 0 Å². The summed E-state index contributed by atoms with van der Waals surface area (Å²) in [4.78, 5) is 23.2. The van der Waals surface area contributed by atoms with E-state index < -0.39 is 11.8 Å². The number of esters is 1. The number of unbranched alkanes of at least 4 members (excludes halogenated alkanes) is 1. The van der Waals surface area contributed by atoms with Crippen LogP contribution in [0.4, 0.5) is 4.39 Å². The van der Waals surface area contributed by atoms with Gasteiger partial charge in [0.25, 0.3) is 0 Å². The standard InChI is InChI=1S/C22H35FO4/c1-4-5-16-22(2,23)20(25)15-13-17-12-14-19(24)18(17)10-8-6-7-9-11-21(26)27-3/h6-7,13,15,17-18,20,25H,4-5,8-12,14,16H2,1-3H3/b7-6+,15-13?/t17-,18-,20?,22?/m1/s1. The van der Waals surface area contributed by atoms with Gasteiger partial charge in [0.2, 0.25) is 0 Å². The highest BCUT2D eigenvalue weighted by molar-refractivity contribution is 5.83. The number of halogens is 1. The maximum absolute atomic E-state index is 14.5. The Kier molecular flexibility index (Phi) is 10.5. The molecule has 0 amide bonds. The second-order valence-electron chi connectivity index (χ2n) is 7.65. The van der Waals surface area contributed by atoms with Crippen LogP contribution in [0.1, 0.15) is 71.6 Å². The van der Waals surface area contributed by atoms with E-state index in [0.717, 1.165) is 32.1 Å². The molecule has 4 nitrogen and oxygen atoms in total. The Morgan fingerprint density at radius 2 is 2.11 bits per heavy atom. The molecule has 1 aliphatic carbocycles. The van der Waals surface area contributed by atoms with Gasteiger partial charge >= 0.3 is 5.97 Å². The fourth-order valence-electron chi connectivity index (χ4n) is 3.47. The Morgan fingerprint density at radius 1 is 1.41 bits per heavy atom. The van der Waals surface area contributed by atoms with E-state index in [4.69, 9.17) is 0 Å². The monoisotopic (exact) mass is 382 g/mol. The molecule has 1 rings (SSSR count). The number of aliphatic hydroxyl groups is 1. The molecule has 1 aliphatic rings. The van der Waals surface area contributed by atoms with Crippen LogP contribution in [0.3, 0.4) is 0 Å². The number of hydrogen-bond donors (Lipinski definition) is 1. The van der Waals surface area contributed by atoms with Gasteiger partial charge in [0, 0.05) is 18.8 Å². The molecular weight excluding hydrogens is 347 g/mol. The van der Waals surface area contributed by atoms with Crippen molar-refractivity contribution in [2.45, 2.75) is 83.4 Å². The van der Waals surface area contributed by atoms with Gasteiger partial charge in [-0.15, -0.1) is 0 Å². The first-order chi connectivity index (χ1) is 12.8. The Labute approximate surface area is 162 Å². The van der Waals surface area contributed by atoms with Crippen LogP contribution in [0, 0.1) is 11.8 Å². The summed E-state index contributed by atoms with van der Waals surface area (Å²) in [7, 11) is 1.37. The third-order valence-electron chi connectivity index (χ3n) is 5.38. The number of ether oxygens (including phenoxy) is 1. The molecule has 0 aromatic carbocycles. The molecule has 1 saturated carbocycles. The fourth-order valence-corrected chi connectivity index (χ4v) is 3.47. The van der Waals surface area contributed by atoms with Gasteiger partial charge in [0.05, 0.1) is 7.11 Å². The van der Waals surface area contributed by atoms with E-state index in [0.29, 0.717) is 25.7 Å².